The van der Waals surface area contributed by atoms with Crippen molar-refractivity contribution in [3.63, 3.8) is 0 Å². The second-order valence-electron chi connectivity index (χ2n) is 9.76. The van der Waals surface area contributed by atoms with Gasteiger partial charge in [0.25, 0.3) is 0 Å². The van der Waals surface area contributed by atoms with Crippen LogP contribution in [-0.2, 0) is 6.18 Å². The molecule has 3 heterocycles. The molecule has 8 heteroatoms. The third-order valence-electron chi connectivity index (χ3n) is 7.45. The number of piperazine rings is 2. The Labute approximate surface area is 211 Å². The lowest BCUT2D eigenvalue weighted by molar-refractivity contribution is -0.137. The summed E-state index contributed by atoms with van der Waals surface area (Å²) in [6, 6.07) is 16.4. The van der Waals surface area contributed by atoms with E-state index in [0.29, 0.717) is 5.52 Å². The monoisotopic (exact) mass is 497 g/mol. The Bertz CT molecular complexity index is 1120. The van der Waals surface area contributed by atoms with Gasteiger partial charge in [0.15, 0.2) is 0 Å². The molecule has 0 unspecified atom stereocenters. The van der Waals surface area contributed by atoms with E-state index in [1.165, 1.54) is 18.5 Å². The number of fused-ring (bicyclic) bond motifs is 1. The van der Waals surface area contributed by atoms with Crippen molar-refractivity contribution >= 4 is 22.3 Å². The number of para-hydroxylation sites is 1. The summed E-state index contributed by atoms with van der Waals surface area (Å²) < 4.78 is 39.2. The zero-order valence-electron chi connectivity index (χ0n) is 20.6. The second kappa shape index (κ2) is 11.0. The minimum Gasteiger partial charge on any atom is -0.369 e. The van der Waals surface area contributed by atoms with Crippen molar-refractivity contribution in [3.05, 3.63) is 66.4 Å². The molecule has 0 N–H and O–H groups in total. The van der Waals surface area contributed by atoms with Crippen LogP contribution in [0.5, 0.6) is 0 Å². The maximum absolute atomic E-state index is 13.1. The molecule has 0 amide bonds. The summed E-state index contributed by atoms with van der Waals surface area (Å²) in [6.07, 6.45) is -0.336. The van der Waals surface area contributed by atoms with Gasteiger partial charge < -0.3 is 9.80 Å². The molecule has 0 bridgehead atoms. The van der Waals surface area contributed by atoms with Gasteiger partial charge >= 0.3 is 6.18 Å². The van der Waals surface area contributed by atoms with E-state index in [9.17, 15) is 13.2 Å². The highest BCUT2D eigenvalue weighted by Gasteiger charge is 2.31. The Morgan fingerprint density at radius 3 is 1.92 bits per heavy atom. The Kier molecular flexibility index (Phi) is 7.62. The molecule has 0 radical (unpaired) electrons. The van der Waals surface area contributed by atoms with Gasteiger partial charge in [-0.3, -0.25) is 14.8 Å². The summed E-state index contributed by atoms with van der Waals surface area (Å²) in [7, 11) is 0. The molecule has 1 aromatic heterocycles. The van der Waals surface area contributed by atoms with Crippen molar-refractivity contribution in [2.45, 2.75) is 19.0 Å². The van der Waals surface area contributed by atoms with Gasteiger partial charge in [-0.25, -0.2) is 0 Å². The van der Waals surface area contributed by atoms with Crippen LogP contribution in [0.15, 0.2) is 60.8 Å². The number of hydrogen-bond acceptors (Lipinski definition) is 5. The third-order valence-corrected chi connectivity index (χ3v) is 7.45. The Morgan fingerprint density at radius 2 is 1.31 bits per heavy atom. The molecule has 0 aliphatic carbocycles. The number of aromatic nitrogens is 1. The number of halogens is 3. The van der Waals surface area contributed by atoms with Crippen LogP contribution in [0.3, 0.4) is 0 Å². The van der Waals surface area contributed by atoms with Crippen molar-refractivity contribution in [2.24, 2.45) is 0 Å². The van der Waals surface area contributed by atoms with Gasteiger partial charge in [-0.05, 0) is 56.3 Å². The number of pyridine rings is 1. The fourth-order valence-corrected chi connectivity index (χ4v) is 5.34. The van der Waals surface area contributed by atoms with Crippen LogP contribution >= 0.6 is 0 Å². The lowest BCUT2D eigenvalue weighted by Gasteiger charge is -2.37. The third kappa shape index (κ3) is 5.93. The van der Waals surface area contributed by atoms with Crippen LogP contribution in [0.2, 0.25) is 0 Å². The van der Waals surface area contributed by atoms with Gasteiger partial charge in [0.2, 0.25) is 0 Å². The molecule has 2 aromatic carbocycles. The molecule has 192 valence electrons. The first-order chi connectivity index (χ1) is 17.5. The number of nitrogens with zero attached hydrogens (tertiary/aromatic N) is 5. The number of alkyl halides is 3. The van der Waals surface area contributed by atoms with Crippen LogP contribution in [-0.4, -0.2) is 80.2 Å². The summed E-state index contributed by atoms with van der Waals surface area (Å²) >= 11 is 0. The van der Waals surface area contributed by atoms with Gasteiger partial charge in [-0.1, -0.05) is 24.3 Å². The lowest BCUT2D eigenvalue weighted by atomic mass is 10.1. The minimum absolute atomic E-state index is 0.398. The van der Waals surface area contributed by atoms with E-state index in [1.807, 2.05) is 6.07 Å². The number of benzene rings is 2. The van der Waals surface area contributed by atoms with Crippen molar-refractivity contribution < 1.29 is 13.2 Å². The highest BCUT2D eigenvalue weighted by atomic mass is 19.4. The molecule has 0 atom stereocenters. The highest BCUT2D eigenvalue weighted by molar-refractivity contribution is 5.92. The van der Waals surface area contributed by atoms with Crippen molar-refractivity contribution in [1.82, 2.24) is 14.8 Å². The number of rotatable bonds is 7. The van der Waals surface area contributed by atoms with E-state index in [0.717, 1.165) is 88.7 Å². The van der Waals surface area contributed by atoms with Crippen molar-refractivity contribution in [2.75, 3.05) is 75.2 Å². The molecule has 36 heavy (non-hydrogen) atoms. The van der Waals surface area contributed by atoms with Crippen LogP contribution in [0, 0.1) is 0 Å². The quantitative estimate of drug-likeness (QED) is 0.429. The van der Waals surface area contributed by atoms with E-state index in [4.69, 9.17) is 0 Å². The lowest BCUT2D eigenvalue weighted by Crippen LogP contribution is -2.47. The Balaban J connectivity index is 1.04. The Hall–Kier alpha value is -2.84. The van der Waals surface area contributed by atoms with Gasteiger partial charge in [0.1, 0.15) is 0 Å². The predicted octanol–water partition coefficient (Wildman–Crippen LogP) is 4.98. The topological polar surface area (TPSA) is 25.9 Å². The van der Waals surface area contributed by atoms with Crippen LogP contribution < -0.4 is 9.80 Å². The molecule has 5 nitrogen and oxygen atoms in total. The minimum atomic E-state index is -4.35. The van der Waals surface area contributed by atoms with E-state index in [1.54, 1.807) is 12.3 Å². The summed E-state index contributed by atoms with van der Waals surface area (Å²) in [5, 5.41) is 0.784. The first-order valence-corrected chi connectivity index (χ1v) is 12.9. The van der Waals surface area contributed by atoms with Gasteiger partial charge in [-0.2, -0.15) is 13.2 Å². The number of hydrogen-bond donors (Lipinski definition) is 0. The molecular weight excluding hydrogens is 463 g/mol. The molecule has 2 saturated heterocycles. The largest absolute Gasteiger partial charge is 0.416 e. The van der Waals surface area contributed by atoms with E-state index in [2.05, 4.69) is 54.9 Å². The molecule has 2 aliphatic heterocycles. The normalized spacial score (nSPS) is 18.2. The summed E-state index contributed by atoms with van der Waals surface area (Å²) in [5.41, 5.74) is 2.04. The number of unbranched alkanes of at least 4 members (excludes halogenated alkanes) is 1. The standard InChI is InChI=1S/C28H34F3N5/c29-28(30,31)23-8-9-25-26(22-23)32-11-10-27(25)36-20-16-34(17-21-36)13-5-4-12-33-14-18-35(19-15-33)24-6-2-1-3-7-24/h1-3,6-11,22H,4-5,12-21H2. The van der Waals surface area contributed by atoms with E-state index < -0.39 is 11.7 Å². The average molecular weight is 498 g/mol. The first kappa shape index (κ1) is 24.8. The van der Waals surface area contributed by atoms with Gasteiger partial charge in [0.05, 0.1) is 11.1 Å². The molecule has 0 saturated carbocycles. The fraction of sp³-hybridized carbons (Fsp3) is 0.464. The predicted molar refractivity (Wildman–Crippen MR) is 140 cm³/mol. The molecule has 2 fully saturated rings. The molecule has 3 aromatic rings. The van der Waals surface area contributed by atoms with E-state index in [-0.39, 0.29) is 0 Å². The summed E-state index contributed by atoms with van der Waals surface area (Å²) in [6.45, 7) is 10.4. The highest BCUT2D eigenvalue weighted by Crippen LogP contribution is 2.33. The SMILES string of the molecule is FC(F)(F)c1ccc2c(N3CCN(CCCCN4CCN(c5ccccc5)CC4)CC3)ccnc2c1. The zero-order valence-corrected chi connectivity index (χ0v) is 20.6. The summed E-state index contributed by atoms with van der Waals surface area (Å²) in [5.74, 6) is 0. The van der Waals surface area contributed by atoms with Crippen LogP contribution in [0.4, 0.5) is 24.5 Å². The number of anilines is 2. The first-order valence-electron chi connectivity index (χ1n) is 12.9. The van der Waals surface area contributed by atoms with E-state index >= 15 is 0 Å². The molecular formula is C28H34F3N5. The molecule has 2 aliphatic rings. The second-order valence-corrected chi connectivity index (χ2v) is 9.76. The van der Waals surface area contributed by atoms with Crippen LogP contribution in [0.25, 0.3) is 10.9 Å². The van der Waals surface area contributed by atoms with Gasteiger partial charge in [-0.15, -0.1) is 0 Å². The smallest absolute Gasteiger partial charge is 0.369 e. The zero-order chi connectivity index (χ0) is 25.0. The molecule has 5 rings (SSSR count). The fourth-order valence-electron chi connectivity index (χ4n) is 5.34. The maximum atomic E-state index is 13.1. The molecule has 0 spiro atoms. The van der Waals surface area contributed by atoms with Gasteiger partial charge in [0, 0.05) is 75.3 Å². The Morgan fingerprint density at radius 1 is 0.694 bits per heavy atom. The van der Waals surface area contributed by atoms with Crippen molar-refractivity contribution in [1.29, 1.82) is 0 Å². The average Bonchev–Trinajstić information content (AvgIpc) is 2.91. The van der Waals surface area contributed by atoms with Crippen molar-refractivity contribution in [3.8, 4) is 0 Å². The van der Waals surface area contributed by atoms with Crippen LogP contribution in [0.1, 0.15) is 18.4 Å². The maximum Gasteiger partial charge on any atom is 0.416 e. The summed E-state index contributed by atoms with van der Waals surface area (Å²) in [4.78, 5) is 14.0.